The first-order chi connectivity index (χ1) is 18.2. The Balaban J connectivity index is 1.91. The van der Waals surface area contributed by atoms with Crippen molar-refractivity contribution < 1.29 is 28.8 Å². The molecule has 0 radical (unpaired) electrons. The van der Waals surface area contributed by atoms with Gasteiger partial charge in [0.1, 0.15) is 29.7 Å². The van der Waals surface area contributed by atoms with E-state index in [2.05, 4.69) is 5.32 Å². The van der Waals surface area contributed by atoms with Gasteiger partial charge in [0, 0.05) is 0 Å². The maximum Gasteiger partial charge on any atom is 0.407 e. The van der Waals surface area contributed by atoms with Crippen LogP contribution in [-0.2, 0) is 27.4 Å². The third-order valence-electron chi connectivity index (χ3n) is 5.90. The number of methoxy groups -OCH3 is 1. The van der Waals surface area contributed by atoms with E-state index in [9.17, 15) is 9.90 Å². The molecule has 0 aromatic heterocycles. The molecule has 0 heterocycles. The lowest BCUT2D eigenvalue weighted by molar-refractivity contribution is -0.142. The fraction of sp³-hybridized carbons (Fsp3) is 0.387. The summed E-state index contributed by atoms with van der Waals surface area (Å²) < 4.78 is 23.5. The smallest absolute Gasteiger partial charge is 0.407 e. The molecule has 0 saturated heterocycles. The summed E-state index contributed by atoms with van der Waals surface area (Å²) >= 11 is 0. The Bertz CT molecular complexity index is 1100. The molecular formula is C31H39NO6. The van der Waals surface area contributed by atoms with Crippen LogP contribution < -0.4 is 10.1 Å². The molecule has 0 bridgehead atoms. The SMILES string of the molecule is COc1ccc([C@H](O)[C@@H](OCc2ccccc2)[C@H](OCc2ccccc2)[C@@H](C)NC(=O)OC(C)(C)C)cc1. The van der Waals surface area contributed by atoms with Crippen molar-refractivity contribution in [3.05, 3.63) is 102 Å². The zero-order chi connectivity index (χ0) is 27.5. The summed E-state index contributed by atoms with van der Waals surface area (Å²) in [6, 6.07) is 26.1. The molecule has 0 saturated carbocycles. The minimum atomic E-state index is -1.05. The second kappa shape index (κ2) is 14.0. The number of aliphatic hydroxyl groups excluding tert-OH is 1. The maximum absolute atomic E-state index is 12.7. The number of ether oxygens (including phenoxy) is 4. The molecule has 4 atom stereocenters. The van der Waals surface area contributed by atoms with Gasteiger partial charge in [-0.15, -0.1) is 0 Å². The quantitative estimate of drug-likeness (QED) is 0.313. The van der Waals surface area contributed by atoms with E-state index in [1.54, 1.807) is 52.1 Å². The second-order valence-corrected chi connectivity index (χ2v) is 10.2. The van der Waals surface area contributed by atoms with Gasteiger partial charge in [0.2, 0.25) is 0 Å². The van der Waals surface area contributed by atoms with Crippen molar-refractivity contribution in [2.45, 2.75) is 70.9 Å². The fourth-order valence-corrected chi connectivity index (χ4v) is 3.99. The standard InChI is InChI=1S/C31H39NO6/c1-22(32-30(34)38-31(2,3)4)28(36-20-23-12-8-6-9-13-23)29(37-21-24-14-10-7-11-15-24)27(33)25-16-18-26(35-5)19-17-25/h6-19,22,27-29,33H,20-21H2,1-5H3,(H,32,34)/t22-,27+,28-,29-/m1/s1. The molecule has 0 fully saturated rings. The molecule has 0 aliphatic rings. The van der Waals surface area contributed by atoms with E-state index < -0.39 is 36.0 Å². The molecule has 38 heavy (non-hydrogen) atoms. The normalized spacial score (nSPS) is 14.7. The van der Waals surface area contributed by atoms with Gasteiger partial charge in [-0.05, 0) is 56.5 Å². The first-order valence-electron chi connectivity index (χ1n) is 12.8. The minimum absolute atomic E-state index is 0.253. The number of hydrogen-bond donors (Lipinski definition) is 2. The summed E-state index contributed by atoms with van der Waals surface area (Å²) in [6.45, 7) is 7.76. The highest BCUT2D eigenvalue weighted by Gasteiger charge is 2.36. The molecule has 204 valence electrons. The van der Waals surface area contributed by atoms with Gasteiger partial charge in [-0.3, -0.25) is 0 Å². The predicted molar refractivity (Wildman–Crippen MR) is 147 cm³/mol. The highest BCUT2D eigenvalue weighted by atomic mass is 16.6. The fourth-order valence-electron chi connectivity index (χ4n) is 3.99. The van der Waals surface area contributed by atoms with E-state index in [0.29, 0.717) is 11.3 Å². The van der Waals surface area contributed by atoms with Gasteiger partial charge >= 0.3 is 6.09 Å². The Kier molecular flexibility index (Phi) is 10.7. The third-order valence-corrected chi connectivity index (χ3v) is 5.90. The second-order valence-electron chi connectivity index (χ2n) is 10.2. The van der Waals surface area contributed by atoms with Crippen molar-refractivity contribution in [3.8, 4) is 5.75 Å². The van der Waals surface area contributed by atoms with E-state index in [1.807, 2.05) is 67.6 Å². The molecule has 7 heteroatoms. The van der Waals surface area contributed by atoms with E-state index in [0.717, 1.165) is 11.1 Å². The minimum Gasteiger partial charge on any atom is -0.497 e. The average molecular weight is 522 g/mol. The average Bonchev–Trinajstić information content (AvgIpc) is 2.90. The Labute approximate surface area is 225 Å². The molecule has 3 aromatic carbocycles. The van der Waals surface area contributed by atoms with Crippen molar-refractivity contribution in [2.75, 3.05) is 7.11 Å². The maximum atomic E-state index is 12.7. The summed E-state index contributed by atoms with van der Waals surface area (Å²) in [7, 11) is 1.59. The lowest BCUT2D eigenvalue weighted by atomic mass is 9.96. The van der Waals surface area contributed by atoms with E-state index in [-0.39, 0.29) is 13.2 Å². The highest BCUT2D eigenvalue weighted by Crippen LogP contribution is 2.28. The summed E-state index contributed by atoms with van der Waals surface area (Å²) in [6.07, 6.45) is -3.16. The Morgan fingerprint density at radius 3 is 1.79 bits per heavy atom. The van der Waals surface area contributed by atoms with Gasteiger partial charge in [-0.1, -0.05) is 72.8 Å². The van der Waals surface area contributed by atoms with Crippen LogP contribution in [0.2, 0.25) is 0 Å². The molecule has 0 aliphatic carbocycles. The van der Waals surface area contributed by atoms with Gasteiger partial charge in [-0.25, -0.2) is 4.79 Å². The first-order valence-corrected chi connectivity index (χ1v) is 12.8. The van der Waals surface area contributed by atoms with Crippen LogP contribution in [0.3, 0.4) is 0 Å². The number of aliphatic hydroxyl groups is 1. The predicted octanol–water partition coefficient (Wildman–Crippen LogP) is 5.81. The first kappa shape index (κ1) is 29.2. The molecule has 0 aliphatic heterocycles. The molecule has 0 spiro atoms. The molecule has 1 amide bonds. The van der Waals surface area contributed by atoms with Gasteiger partial charge in [0.05, 0.1) is 26.4 Å². The lowest BCUT2D eigenvalue weighted by Crippen LogP contribution is -2.51. The third kappa shape index (κ3) is 9.17. The van der Waals surface area contributed by atoms with Crippen LogP contribution in [0.5, 0.6) is 5.75 Å². The number of carbonyl (C=O) groups excluding carboxylic acids is 1. The number of hydrogen-bond acceptors (Lipinski definition) is 6. The zero-order valence-electron chi connectivity index (χ0n) is 22.8. The lowest BCUT2D eigenvalue weighted by Gasteiger charge is -2.35. The summed E-state index contributed by atoms with van der Waals surface area (Å²) in [4.78, 5) is 12.7. The molecule has 3 rings (SSSR count). The number of benzene rings is 3. The van der Waals surface area contributed by atoms with Crippen LogP contribution in [0.4, 0.5) is 4.79 Å². The van der Waals surface area contributed by atoms with Gasteiger partial charge in [0.15, 0.2) is 0 Å². The van der Waals surface area contributed by atoms with Gasteiger partial charge < -0.3 is 29.4 Å². The molecule has 3 aromatic rings. The van der Waals surface area contributed by atoms with Crippen LogP contribution in [0.1, 0.15) is 50.5 Å². The van der Waals surface area contributed by atoms with Crippen molar-refractivity contribution in [1.29, 1.82) is 0 Å². The van der Waals surface area contributed by atoms with Crippen LogP contribution >= 0.6 is 0 Å². The Morgan fingerprint density at radius 2 is 1.32 bits per heavy atom. The number of alkyl carbamates (subject to hydrolysis) is 1. The summed E-state index contributed by atoms with van der Waals surface area (Å²) in [5.74, 6) is 0.680. The summed E-state index contributed by atoms with van der Waals surface area (Å²) in [5, 5.41) is 14.4. The number of amides is 1. The van der Waals surface area contributed by atoms with E-state index >= 15 is 0 Å². The summed E-state index contributed by atoms with van der Waals surface area (Å²) in [5.41, 5.74) is 1.90. The van der Waals surface area contributed by atoms with Gasteiger partial charge in [-0.2, -0.15) is 0 Å². The van der Waals surface area contributed by atoms with Crippen molar-refractivity contribution in [3.63, 3.8) is 0 Å². The number of carbonyl (C=O) groups is 1. The molecule has 7 nitrogen and oxygen atoms in total. The van der Waals surface area contributed by atoms with Crippen molar-refractivity contribution in [2.24, 2.45) is 0 Å². The molecule has 2 N–H and O–H groups in total. The van der Waals surface area contributed by atoms with Crippen LogP contribution in [0.15, 0.2) is 84.9 Å². The van der Waals surface area contributed by atoms with Gasteiger partial charge in [0.25, 0.3) is 0 Å². The Morgan fingerprint density at radius 1 is 0.816 bits per heavy atom. The number of nitrogens with one attached hydrogen (secondary N) is 1. The topological polar surface area (TPSA) is 86.3 Å². The van der Waals surface area contributed by atoms with Crippen molar-refractivity contribution >= 4 is 6.09 Å². The van der Waals surface area contributed by atoms with E-state index in [4.69, 9.17) is 18.9 Å². The van der Waals surface area contributed by atoms with Crippen LogP contribution in [0.25, 0.3) is 0 Å². The zero-order valence-corrected chi connectivity index (χ0v) is 22.8. The van der Waals surface area contributed by atoms with Crippen LogP contribution in [0, 0.1) is 0 Å². The molecule has 0 unspecified atom stereocenters. The van der Waals surface area contributed by atoms with Crippen LogP contribution in [-0.4, -0.2) is 42.2 Å². The molecular weight excluding hydrogens is 482 g/mol. The van der Waals surface area contributed by atoms with E-state index in [1.165, 1.54) is 0 Å². The number of rotatable bonds is 12. The largest absolute Gasteiger partial charge is 0.497 e. The highest BCUT2D eigenvalue weighted by molar-refractivity contribution is 5.68. The Hall–Kier alpha value is -3.39. The monoisotopic (exact) mass is 521 g/mol. The van der Waals surface area contributed by atoms with Crippen molar-refractivity contribution in [1.82, 2.24) is 5.32 Å².